The summed E-state index contributed by atoms with van der Waals surface area (Å²) in [6.07, 6.45) is 5.06. The van der Waals surface area contributed by atoms with E-state index in [1.165, 1.54) is 0 Å². The lowest BCUT2D eigenvalue weighted by molar-refractivity contribution is 0.867. The Labute approximate surface area is 89.6 Å². The Hall–Kier alpha value is -0.940. The lowest BCUT2D eigenvalue weighted by Gasteiger charge is -1.96. The van der Waals surface area contributed by atoms with Gasteiger partial charge in [0.2, 0.25) is 4.73 Å². The number of nitrogens with zero attached hydrogens (tertiary/aromatic N) is 4. The standard InChI is InChI=1S/C7H5BrN4.ClH/c8-7-10-5-12(11-7)6-1-3-9-4-2-6;/h1-5H;1H. The maximum atomic E-state index is 4.08. The summed E-state index contributed by atoms with van der Waals surface area (Å²) in [6.45, 7) is 0. The zero-order valence-corrected chi connectivity index (χ0v) is 8.86. The third kappa shape index (κ3) is 2.26. The van der Waals surface area contributed by atoms with E-state index >= 15 is 0 Å². The van der Waals surface area contributed by atoms with E-state index in [0.29, 0.717) is 4.73 Å². The number of halogens is 2. The Morgan fingerprint density at radius 2 is 1.92 bits per heavy atom. The molecule has 0 aromatic carbocycles. The smallest absolute Gasteiger partial charge is 0.217 e. The third-order valence-corrected chi connectivity index (χ3v) is 1.75. The molecule has 0 aliphatic carbocycles. The Kier molecular flexibility index (Phi) is 3.39. The summed E-state index contributed by atoms with van der Waals surface area (Å²) in [4.78, 5) is 7.85. The zero-order chi connectivity index (χ0) is 8.39. The summed E-state index contributed by atoms with van der Waals surface area (Å²) >= 11 is 3.17. The number of hydrogen-bond acceptors (Lipinski definition) is 3. The molecule has 4 nitrogen and oxygen atoms in total. The van der Waals surface area contributed by atoms with E-state index in [1.54, 1.807) is 23.4 Å². The van der Waals surface area contributed by atoms with Crippen LogP contribution in [0.5, 0.6) is 0 Å². The molecule has 0 saturated heterocycles. The third-order valence-electron chi connectivity index (χ3n) is 1.39. The summed E-state index contributed by atoms with van der Waals surface area (Å²) in [5, 5.41) is 4.08. The van der Waals surface area contributed by atoms with Gasteiger partial charge in [0.05, 0.1) is 5.69 Å². The maximum absolute atomic E-state index is 4.08. The van der Waals surface area contributed by atoms with Crippen LogP contribution in [0, 0.1) is 0 Å². The van der Waals surface area contributed by atoms with E-state index in [0.717, 1.165) is 5.69 Å². The molecule has 0 saturated carbocycles. The molecule has 0 amide bonds. The lowest BCUT2D eigenvalue weighted by atomic mass is 10.4. The van der Waals surface area contributed by atoms with Gasteiger partial charge < -0.3 is 0 Å². The molecule has 2 heterocycles. The molecular formula is C7H6BrClN4. The van der Waals surface area contributed by atoms with E-state index in [-0.39, 0.29) is 12.4 Å². The number of rotatable bonds is 1. The van der Waals surface area contributed by atoms with Gasteiger partial charge in [0, 0.05) is 12.4 Å². The molecule has 6 heteroatoms. The average molecular weight is 262 g/mol. The second-order valence-corrected chi connectivity index (χ2v) is 2.87. The quantitative estimate of drug-likeness (QED) is 0.787. The fourth-order valence-corrected chi connectivity index (χ4v) is 1.13. The fourth-order valence-electron chi connectivity index (χ4n) is 0.864. The van der Waals surface area contributed by atoms with E-state index < -0.39 is 0 Å². The number of aromatic nitrogens is 4. The van der Waals surface area contributed by atoms with Gasteiger partial charge in [-0.1, -0.05) is 0 Å². The van der Waals surface area contributed by atoms with Crippen LogP contribution in [0.25, 0.3) is 5.69 Å². The summed E-state index contributed by atoms with van der Waals surface area (Å²) in [5.74, 6) is 0. The summed E-state index contributed by atoms with van der Waals surface area (Å²) in [7, 11) is 0. The van der Waals surface area contributed by atoms with E-state index in [9.17, 15) is 0 Å². The van der Waals surface area contributed by atoms with Crippen molar-refractivity contribution in [3.63, 3.8) is 0 Å². The molecule has 2 aromatic rings. The van der Waals surface area contributed by atoms with Crippen LogP contribution in [0.2, 0.25) is 0 Å². The molecule has 0 N–H and O–H groups in total. The second-order valence-electron chi connectivity index (χ2n) is 2.16. The minimum Gasteiger partial charge on any atom is -0.265 e. The van der Waals surface area contributed by atoms with Crippen molar-refractivity contribution in [2.45, 2.75) is 0 Å². The van der Waals surface area contributed by atoms with Gasteiger partial charge >= 0.3 is 0 Å². The molecule has 2 rings (SSSR count). The van der Waals surface area contributed by atoms with Crippen LogP contribution >= 0.6 is 28.3 Å². The molecule has 0 atom stereocenters. The van der Waals surface area contributed by atoms with Crippen LogP contribution in [0.4, 0.5) is 0 Å². The van der Waals surface area contributed by atoms with Gasteiger partial charge in [-0.05, 0) is 28.1 Å². The molecule has 2 aromatic heterocycles. The molecule has 0 aliphatic rings. The van der Waals surface area contributed by atoms with Gasteiger partial charge in [-0.15, -0.1) is 17.5 Å². The van der Waals surface area contributed by atoms with Gasteiger partial charge in [-0.3, -0.25) is 4.98 Å². The number of pyridine rings is 1. The van der Waals surface area contributed by atoms with Crippen LogP contribution in [-0.2, 0) is 0 Å². The van der Waals surface area contributed by atoms with Crippen molar-refractivity contribution in [1.82, 2.24) is 19.7 Å². The van der Waals surface area contributed by atoms with Crippen LogP contribution < -0.4 is 0 Å². The second kappa shape index (κ2) is 4.34. The van der Waals surface area contributed by atoms with Crippen LogP contribution in [-0.4, -0.2) is 19.7 Å². The maximum Gasteiger partial charge on any atom is 0.217 e. The van der Waals surface area contributed by atoms with Crippen molar-refractivity contribution in [2.24, 2.45) is 0 Å². The Morgan fingerprint density at radius 1 is 1.23 bits per heavy atom. The van der Waals surface area contributed by atoms with E-state index in [2.05, 4.69) is 31.0 Å². The summed E-state index contributed by atoms with van der Waals surface area (Å²) in [5.41, 5.74) is 0.947. The first-order chi connectivity index (χ1) is 5.86. The normalized spacial score (nSPS) is 9.31. The molecular weight excluding hydrogens is 255 g/mol. The van der Waals surface area contributed by atoms with Crippen molar-refractivity contribution in [2.75, 3.05) is 0 Å². The molecule has 0 aliphatic heterocycles. The molecule has 0 fully saturated rings. The summed E-state index contributed by atoms with van der Waals surface area (Å²) < 4.78 is 2.26. The molecule has 0 unspecified atom stereocenters. The lowest BCUT2D eigenvalue weighted by Crippen LogP contribution is -1.93. The summed E-state index contributed by atoms with van der Waals surface area (Å²) in [6, 6.07) is 3.72. The first-order valence-electron chi connectivity index (χ1n) is 3.34. The average Bonchev–Trinajstić information content (AvgIpc) is 2.54. The molecule has 13 heavy (non-hydrogen) atoms. The van der Waals surface area contributed by atoms with Crippen LogP contribution in [0.1, 0.15) is 0 Å². The Bertz CT molecular complexity index is 375. The first-order valence-corrected chi connectivity index (χ1v) is 4.13. The first kappa shape index (κ1) is 10.1. The van der Waals surface area contributed by atoms with Crippen molar-refractivity contribution in [1.29, 1.82) is 0 Å². The monoisotopic (exact) mass is 260 g/mol. The molecule has 68 valence electrons. The largest absolute Gasteiger partial charge is 0.265 e. The zero-order valence-electron chi connectivity index (χ0n) is 6.46. The van der Waals surface area contributed by atoms with Gasteiger partial charge in [0.15, 0.2) is 0 Å². The highest BCUT2D eigenvalue weighted by atomic mass is 79.9. The molecule has 0 spiro atoms. The van der Waals surface area contributed by atoms with Crippen LogP contribution in [0.3, 0.4) is 0 Å². The SMILES string of the molecule is Brc1ncn(-c2ccncc2)n1.Cl. The van der Waals surface area contributed by atoms with E-state index in [4.69, 9.17) is 0 Å². The Morgan fingerprint density at radius 3 is 2.46 bits per heavy atom. The highest BCUT2D eigenvalue weighted by Gasteiger charge is 1.97. The molecule has 0 radical (unpaired) electrons. The molecule has 0 bridgehead atoms. The van der Waals surface area contributed by atoms with Crippen molar-refractivity contribution in [3.8, 4) is 5.69 Å². The van der Waals surface area contributed by atoms with Crippen molar-refractivity contribution in [3.05, 3.63) is 35.6 Å². The van der Waals surface area contributed by atoms with Gasteiger partial charge in [0.25, 0.3) is 0 Å². The van der Waals surface area contributed by atoms with Crippen molar-refractivity contribution < 1.29 is 0 Å². The predicted molar refractivity (Wildman–Crippen MR) is 54.1 cm³/mol. The van der Waals surface area contributed by atoms with Crippen LogP contribution in [0.15, 0.2) is 35.6 Å². The van der Waals surface area contributed by atoms with Gasteiger partial charge in [0.1, 0.15) is 6.33 Å². The van der Waals surface area contributed by atoms with Gasteiger partial charge in [-0.25, -0.2) is 9.67 Å². The van der Waals surface area contributed by atoms with Crippen molar-refractivity contribution >= 4 is 28.3 Å². The van der Waals surface area contributed by atoms with E-state index in [1.807, 2.05) is 12.1 Å². The number of hydrogen-bond donors (Lipinski definition) is 0. The highest BCUT2D eigenvalue weighted by molar-refractivity contribution is 9.10. The highest BCUT2D eigenvalue weighted by Crippen LogP contribution is 2.05. The Balaban J connectivity index is 0.000000845. The van der Waals surface area contributed by atoms with Gasteiger partial charge in [-0.2, -0.15) is 0 Å². The minimum absolute atomic E-state index is 0. The predicted octanol–water partition coefficient (Wildman–Crippen LogP) is 1.85. The minimum atomic E-state index is 0. The fraction of sp³-hybridized carbons (Fsp3) is 0. The topological polar surface area (TPSA) is 43.6 Å².